The van der Waals surface area contributed by atoms with E-state index >= 15 is 0 Å². The Bertz CT molecular complexity index is 1830. The predicted octanol–water partition coefficient (Wildman–Crippen LogP) is 3.67. The lowest BCUT2D eigenvalue weighted by atomic mass is 10.1. The third kappa shape index (κ3) is 5.71. The van der Waals surface area contributed by atoms with Crippen molar-refractivity contribution >= 4 is 27.0 Å². The highest BCUT2D eigenvalue weighted by molar-refractivity contribution is 7.89. The van der Waals surface area contributed by atoms with E-state index in [1.807, 2.05) is 0 Å². The maximum Gasteiger partial charge on any atom is 0.358 e. The first kappa shape index (κ1) is 25.8. The number of hydrogen-bond acceptors (Lipinski definition) is 8. The maximum absolute atomic E-state index is 13.5. The molecule has 10 nitrogen and oxygen atoms in total. The molecular formula is C27H20FN3O7S. The summed E-state index contributed by atoms with van der Waals surface area (Å²) in [6, 6.07) is 20.7. The smallest absolute Gasteiger partial charge is 0.358 e. The van der Waals surface area contributed by atoms with Crippen molar-refractivity contribution in [3.05, 3.63) is 107 Å². The van der Waals surface area contributed by atoms with Gasteiger partial charge < -0.3 is 13.9 Å². The number of hydrogen-bond donors (Lipinski definition) is 1. The molecule has 0 aliphatic rings. The average molecular weight is 550 g/mol. The largest absolute Gasteiger partial charge is 0.489 e. The van der Waals surface area contributed by atoms with Gasteiger partial charge in [0, 0.05) is 5.56 Å². The second kappa shape index (κ2) is 10.5. The van der Waals surface area contributed by atoms with Crippen molar-refractivity contribution in [3.8, 4) is 22.7 Å². The molecular weight excluding hydrogens is 529 g/mol. The van der Waals surface area contributed by atoms with Crippen molar-refractivity contribution in [2.24, 2.45) is 5.14 Å². The standard InChI is InChI=1S/C27H20FN3O7S/c28-18-7-5-17(6-8-18)23-15-22(30-31(23)19-9-11-20(12-10-19)39(29,34)35)27(33)37-14-13-36-25-16-26(32)38-24-4-2-1-3-21(24)25/h1-12,15-16H,13-14H2,(H2,29,34,35). The van der Waals surface area contributed by atoms with Gasteiger partial charge in [-0.3, -0.25) is 0 Å². The molecule has 2 N–H and O–H groups in total. The minimum Gasteiger partial charge on any atom is -0.489 e. The molecule has 5 aromatic rings. The molecule has 2 heterocycles. The van der Waals surface area contributed by atoms with Crippen molar-refractivity contribution in [2.75, 3.05) is 13.2 Å². The van der Waals surface area contributed by atoms with Crippen LogP contribution in [-0.2, 0) is 14.8 Å². The van der Waals surface area contributed by atoms with Crippen LogP contribution < -0.4 is 15.5 Å². The van der Waals surface area contributed by atoms with Gasteiger partial charge in [-0.1, -0.05) is 12.1 Å². The molecule has 0 saturated carbocycles. The van der Waals surface area contributed by atoms with E-state index in [4.69, 9.17) is 19.0 Å². The van der Waals surface area contributed by atoms with Crippen molar-refractivity contribution in [2.45, 2.75) is 4.90 Å². The summed E-state index contributed by atoms with van der Waals surface area (Å²) in [4.78, 5) is 24.5. The summed E-state index contributed by atoms with van der Waals surface area (Å²) >= 11 is 0. The summed E-state index contributed by atoms with van der Waals surface area (Å²) in [5, 5.41) is 10.1. The fourth-order valence-electron chi connectivity index (χ4n) is 3.84. The van der Waals surface area contributed by atoms with Crippen LogP contribution in [0.15, 0.2) is 99.0 Å². The Hall–Kier alpha value is -4.81. The van der Waals surface area contributed by atoms with Crippen LogP contribution in [0.5, 0.6) is 5.75 Å². The number of carbonyl (C=O) groups excluding carboxylic acids is 1. The van der Waals surface area contributed by atoms with Crippen molar-refractivity contribution in [1.82, 2.24) is 9.78 Å². The van der Waals surface area contributed by atoms with E-state index in [-0.39, 0.29) is 23.8 Å². The van der Waals surface area contributed by atoms with Crippen molar-refractivity contribution < 1.29 is 31.5 Å². The number of fused-ring (bicyclic) bond motifs is 1. The first-order chi connectivity index (χ1) is 18.7. The quantitative estimate of drug-likeness (QED) is 0.175. The SMILES string of the molecule is NS(=O)(=O)c1ccc(-n2nc(C(=O)OCCOc3cc(=O)oc4ccccc34)cc2-c2ccc(F)cc2)cc1. The monoisotopic (exact) mass is 549 g/mol. The number of esters is 1. The number of halogens is 1. The molecule has 198 valence electrons. The van der Waals surface area contributed by atoms with E-state index in [1.54, 1.807) is 24.3 Å². The fourth-order valence-corrected chi connectivity index (χ4v) is 4.36. The molecule has 0 saturated heterocycles. The molecule has 0 bridgehead atoms. The minimum atomic E-state index is -3.90. The third-order valence-corrected chi connectivity index (χ3v) is 6.58. The van der Waals surface area contributed by atoms with Gasteiger partial charge in [0.2, 0.25) is 10.0 Å². The lowest BCUT2D eigenvalue weighted by Gasteiger charge is -2.09. The van der Waals surface area contributed by atoms with Crippen LogP contribution >= 0.6 is 0 Å². The molecule has 3 aromatic carbocycles. The molecule has 0 unspecified atom stereocenters. The van der Waals surface area contributed by atoms with Crippen LogP contribution in [0, 0.1) is 5.82 Å². The summed E-state index contributed by atoms with van der Waals surface area (Å²) in [5.74, 6) is -0.895. The van der Waals surface area contributed by atoms with E-state index < -0.39 is 27.4 Å². The zero-order valence-corrected chi connectivity index (χ0v) is 20.9. The molecule has 39 heavy (non-hydrogen) atoms. The molecule has 5 rings (SSSR count). The summed E-state index contributed by atoms with van der Waals surface area (Å²) in [5.41, 5.74) is 1.17. The van der Waals surface area contributed by atoms with Gasteiger partial charge in [0.15, 0.2) is 5.69 Å². The van der Waals surface area contributed by atoms with Crippen LogP contribution in [-0.4, -0.2) is 37.4 Å². The number of benzene rings is 3. The van der Waals surface area contributed by atoms with Crippen LogP contribution in [0.2, 0.25) is 0 Å². The van der Waals surface area contributed by atoms with Gasteiger partial charge in [0.05, 0.1) is 27.7 Å². The number of nitrogens with zero attached hydrogens (tertiary/aromatic N) is 2. The number of ether oxygens (including phenoxy) is 2. The van der Waals surface area contributed by atoms with Crippen LogP contribution in [0.1, 0.15) is 10.5 Å². The first-order valence-electron chi connectivity index (χ1n) is 11.5. The molecule has 0 aliphatic heterocycles. The fraction of sp³-hybridized carbons (Fsp3) is 0.0741. The van der Waals surface area contributed by atoms with Crippen molar-refractivity contribution in [1.29, 1.82) is 0 Å². The highest BCUT2D eigenvalue weighted by atomic mass is 32.2. The Morgan fingerprint density at radius 3 is 2.41 bits per heavy atom. The molecule has 0 fully saturated rings. The predicted molar refractivity (Wildman–Crippen MR) is 139 cm³/mol. The van der Waals surface area contributed by atoms with Gasteiger partial charge in [-0.2, -0.15) is 5.10 Å². The van der Waals surface area contributed by atoms with E-state index in [9.17, 15) is 22.4 Å². The molecule has 12 heteroatoms. The summed E-state index contributed by atoms with van der Waals surface area (Å²) in [7, 11) is -3.90. The molecule has 0 amide bonds. The maximum atomic E-state index is 13.5. The van der Waals surface area contributed by atoms with Crippen LogP contribution in [0.4, 0.5) is 4.39 Å². The Morgan fingerprint density at radius 1 is 0.974 bits per heavy atom. The van der Waals surface area contributed by atoms with Gasteiger partial charge >= 0.3 is 11.6 Å². The second-order valence-electron chi connectivity index (χ2n) is 8.28. The summed E-state index contributed by atoms with van der Waals surface area (Å²) in [6.45, 7) is -0.186. The molecule has 0 spiro atoms. The number of nitrogens with two attached hydrogens (primary N) is 1. The van der Waals surface area contributed by atoms with Crippen molar-refractivity contribution in [3.63, 3.8) is 0 Å². The van der Waals surface area contributed by atoms with E-state index in [0.29, 0.717) is 33.7 Å². The number of para-hydroxylation sites is 1. The van der Waals surface area contributed by atoms with Crippen LogP contribution in [0.3, 0.4) is 0 Å². The molecule has 2 aromatic heterocycles. The van der Waals surface area contributed by atoms with E-state index in [2.05, 4.69) is 5.10 Å². The van der Waals surface area contributed by atoms with Gasteiger partial charge in [0.1, 0.15) is 30.4 Å². The summed E-state index contributed by atoms with van der Waals surface area (Å²) in [6.07, 6.45) is 0. The number of sulfonamides is 1. The highest BCUT2D eigenvalue weighted by Crippen LogP contribution is 2.26. The van der Waals surface area contributed by atoms with Gasteiger partial charge in [-0.15, -0.1) is 0 Å². The Morgan fingerprint density at radius 2 is 1.69 bits per heavy atom. The van der Waals surface area contributed by atoms with E-state index in [0.717, 1.165) is 0 Å². The Labute approximate surface area is 221 Å². The number of rotatable bonds is 8. The zero-order chi connectivity index (χ0) is 27.6. The third-order valence-electron chi connectivity index (χ3n) is 5.65. The van der Waals surface area contributed by atoms with Gasteiger partial charge in [-0.05, 0) is 66.7 Å². The lowest BCUT2D eigenvalue weighted by Crippen LogP contribution is -2.14. The minimum absolute atomic E-state index is 0.0419. The van der Waals surface area contributed by atoms with Gasteiger partial charge in [-0.25, -0.2) is 32.2 Å². The van der Waals surface area contributed by atoms with Gasteiger partial charge in [0.25, 0.3) is 0 Å². The van der Waals surface area contributed by atoms with E-state index in [1.165, 1.54) is 65.3 Å². The Balaban J connectivity index is 1.36. The van der Waals surface area contributed by atoms with Crippen LogP contribution in [0.25, 0.3) is 27.9 Å². The Kier molecular flexibility index (Phi) is 6.96. The molecule has 0 atom stereocenters. The average Bonchev–Trinajstić information content (AvgIpc) is 3.36. The lowest BCUT2D eigenvalue weighted by molar-refractivity contribution is 0.0443. The molecule has 0 radical (unpaired) electrons. The normalized spacial score (nSPS) is 11.4. The molecule has 0 aliphatic carbocycles. The zero-order valence-electron chi connectivity index (χ0n) is 20.1. The topological polar surface area (TPSA) is 144 Å². The number of primary sulfonamides is 1. The highest BCUT2D eigenvalue weighted by Gasteiger charge is 2.19. The first-order valence-corrected chi connectivity index (χ1v) is 13.1. The number of aromatic nitrogens is 2. The summed E-state index contributed by atoms with van der Waals surface area (Å²) < 4.78 is 54.3. The second-order valence-corrected chi connectivity index (χ2v) is 9.84. The number of carbonyl (C=O) groups is 1.